The van der Waals surface area contributed by atoms with Crippen molar-refractivity contribution in [2.24, 2.45) is 0 Å². The molecule has 0 saturated carbocycles. The minimum absolute atomic E-state index is 0.0501. The molecule has 0 fully saturated rings. The van der Waals surface area contributed by atoms with Crippen LogP contribution in [0.25, 0.3) is 53.9 Å². The summed E-state index contributed by atoms with van der Waals surface area (Å²) in [7, 11) is 0. The van der Waals surface area contributed by atoms with E-state index in [2.05, 4.69) is 31.9 Å². The molecule has 0 amide bonds. The maximum atomic E-state index is 12.9. The lowest BCUT2D eigenvalue weighted by atomic mass is 9.99. The zero-order valence-corrected chi connectivity index (χ0v) is 17.5. The molecule has 2 nitrogen and oxygen atoms in total. The fourth-order valence-corrected chi connectivity index (χ4v) is 5.22. The number of rotatable bonds is 0. The Hall–Kier alpha value is -2.56. The van der Waals surface area contributed by atoms with Gasteiger partial charge in [0.2, 0.25) is 0 Å². The van der Waals surface area contributed by atoms with E-state index in [1.807, 2.05) is 60.7 Å². The molecule has 0 radical (unpaired) electrons. The first-order valence-electron chi connectivity index (χ1n) is 8.83. The van der Waals surface area contributed by atoms with Crippen LogP contribution in [0, 0.1) is 0 Å². The molecule has 4 heteroatoms. The van der Waals surface area contributed by atoms with Crippen molar-refractivity contribution in [2.75, 3.05) is 0 Å². The highest BCUT2D eigenvalue weighted by molar-refractivity contribution is 9.10. The molecule has 6 rings (SSSR count). The average molecular weight is 490 g/mol. The van der Waals surface area contributed by atoms with Gasteiger partial charge in [-0.1, -0.05) is 56.1 Å². The second kappa shape index (κ2) is 5.49. The van der Waals surface area contributed by atoms with Gasteiger partial charge in [-0.3, -0.25) is 9.59 Å². The first-order chi connectivity index (χ1) is 13.5. The van der Waals surface area contributed by atoms with Gasteiger partial charge in [0.15, 0.2) is 10.9 Å². The van der Waals surface area contributed by atoms with Gasteiger partial charge in [0.05, 0.1) is 0 Å². The number of hydrogen-bond donors (Lipinski definition) is 0. The molecule has 28 heavy (non-hydrogen) atoms. The summed E-state index contributed by atoms with van der Waals surface area (Å²) in [6.45, 7) is 0. The maximum Gasteiger partial charge on any atom is 0.194 e. The summed E-state index contributed by atoms with van der Waals surface area (Å²) >= 11 is 6.93. The van der Waals surface area contributed by atoms with Crippen LogP contribution in [0.4, 0.5) is 0 Å². The fourth-order valence-electron chi connectivity index (χ4n) is 4.50. The Kier molecular flexibility index (Phi) is 3.22. The van der Waals surface area contributed by atoms with Gasteiger partial charge in [0.1, 0.15) is 0 Å². The standard InChI is InChI=1S/C24H10Br2O2/c25-11-1-3-15-19(9-11)23(27)17-7-6-14-13(21(15)17)5-8-18-22(14)16-4-2-12(26)10-20(16)24(18)28/h1-10H. The zero-order chi connectivity index (χ0) is 19.2. The minimum atomic E-state index is 0.0501. The predicted molar refractivity (Wildman–Crippen MR) is 124 cm³/mol. The van der Waals surface area contributed by atoms with Gasteiger partial charge in [-0.15, -0.1) is 0 Å². The third-order valence-electron chi connectivity index (χ3n) is 5.68. The van der Waals surface area contributed by atoms with Crippen molar-refractivity contribution in [1.82, 2.24) is 0 Å². The minimum Gasteiger partial charge on any atom is -0.289 e. The van der Waals surface area contributed by atoms with Crippen LogP contribution in [0.3, 0.4) is 0 Å². The quantitative estimate of drug-likeness (QED) is 0.241. The molecule has 0 aromatic heterocycles. The Morgan fingerprint density at radius 2 is 0.750 bits per heavy atom. The van der Waals surface area contributed by atoms with Crippen LogP contribution in [0.2, 0.25) is 0 Å². The first kappa shape index (κ1) is 16.4. The second-order valence-corrected chi connectivity index (χ2v) is 8.94. The number of halogens is 2. The fraction of sp³-hybridized carbons (Fsp3) is 0. The zero-order valence-electron chi connectivity index (χ0n) is 14.3. The van der Waals surface area contributed by atoms with Crippen LogP contribution >= 0.6 is 31.9 Å². The topological polar surface area (TPSA) is 34.1 Å². The van der Waals surface area contributed by atoms with Gasteiger partial charge in [-0.2, -0.15) is 0 Å². The molecule has 0 saturated heterocycles. The van der Waals surface area contributed by atoms with Crippen LogP contribution in [-0.2, 0) is 0 Å². The van der Waals surface area contributed by atoms with Crippen LogP contribution in [-0.4, -0.2) is 0 Å². The summed E-state index contributed by atoms with van der Waals surface area (Å²) in [6.07, 6.45) is 0. The first-order valence-corrected chi connectivity index (χ1v) is 10.4. The third-order valence-corrected chi connectivity index (χ3v) is 6.67. The van der Waals surface area contributed by atoms with Crippen LogP contribution in [0.1, 0.15) is 0 Å². The Balaban J connectivity index is 1.93. The van der Waals surface area contributed by atoms with Gasteiger partial charge >= 0.3 is 0 Å². The Labute approximate surface area is 175 Å². The highest BCUT2D eigenvalue weighted by atomic mass is 79.9. The van der Waals surface area contributed by atoms with Gasteiger partial charge in [0.25, 0.3) is 0 Å². The SMILES string of the molecule is O=c1c2cc(Br)ccc2c2c1ccc1c2ccc2c(=O)c3cc(Br)ccc3c21. The van der Waals surface area contributed by atoms with Gasteiger partial charge in [-0.25, -0.2) is 0 Å². The summed E-state index contributed by atoms with van der Waals surface area (Å²) in [5.74, 6) is 0. The van der Waals surface area contributed by atoms with E-state index in [4.69, 9.17) is 0 Å². The summed E-state index contributed by atoms with van der Waals surface area (Å²) in [6, 6.07) is 19.4. The molecule has 0 atom stereocenters. The van der Waals surface area contributed by atoms with E-state index in [9.17, 15) is 9.59 Å². The summed E-state index contributed by atoms with van der Waals surface area (Å²) in [4.78, 5) is 25.9. The predicted octanol–water partition coefficient (Wildman–Crippen LogP) is 6.57. The second-order valence-electron chi connectivity index (χ2n) is 7.11. The molecule has 0 bridgehead atoms. The van der Waals surface area contributed by atoms with Crippen LogP contribution in [0.15, 0.2) is 79.2 Å². The van der Waals surface area contributed by atoms with Crippen molar-refractivity contribution in [1.29, 1.82) is 0 Å². The molecule has 0 aliphatic rings. The molecule has 0 aliphatic heterocycles. The van der Waals surface area contributed by atoms with E-state index in [0.717, 1.165) is 62.8 Å². The number of fused-ring (bicyclic) bond motifs is 9. The lowest BCUT2D eigenvalue weighted by Crippen LogP contribution is -1.94. The van der Waals surface area contributed by atoms with Crippen molar-refractivity contribution in [3.63, 3.8) is 0 Å². The largest absolute Gasteiger partial charge is 0.289 e. The van der Waals surface area contributed by atoms with Crippen molar-refractivity contribution in [2.45, 2.75) is 0 Å². The van der Waals surface area contributed by atoms with E-state index in [0.29, 0.717) is 0 Å². The van der Waals surface area contributed by atoms with Gasteiger partial charge < -0.3 is 0 Å². The highest BCUT2D eigenvalue weighted by Crippen LogP contribution is 2.38. The molecule has 0 aliphatic carbocycles. The van der Waals surface area contributed by atoms with Crippen molar-refractivity contribution in [3.05, 3.63) is 90.1 Å². The Bertz CT molecular complexity index is 1590. The van der Waals surface area contributed by atoms with Crippen molar-refractivity contribution in [3.8, 4) is 0 Å². The molecule has 132 valence electrons. The molecule has 0 N–H and O–H groups in total. The summed E-state index contributed by atoms with van der Waals surface area (Å²) in [5, 5.41) is 8.74. The Morgan fingerprint density at radius 1 is 0.429 bits per heavy atom. The molecule has 0 spiro atoms. The van der Waals surface area contributed by atoms with Crippen molar-refractivity contribution < 1.29 is 0 Å². The lowest BCUT2D eigenvalue weighted by Gasteiger charge is -2.04. The van der Waals surface area contributed by atoms with Crippen molar-refractivity contribution >= 4 is 85.7 Å². The summed E-state index contributed by atoms with van der Waals surface area (Å²) < 4.78 is 1.78. The van der Waals surface area contributed by atoms with Gasteiger partial charge in [0, 0.05) is 41.3 Å². The Morgan fingerprint density at radius 3 is 1.18 bits per heavy atom. The smallest absolute Gasteiger partial charge is 0.194 e. The summed E-state index contributed by atoms with van der Waals surface area (Å²) in [5.41, 5.74) is 0.100. The van der Waals surface area contributed by atoms with E-state index < -0.39 is 0 Å². The van der Waals surface area contributed by atoms with Crippen LogP contribution in [0.5, 0.6) is 0 Å². The molecule has 6 aromatic rings. The lowest BCUT2D eigenvalue weighted by molar-refractivity contribution is 1.74. The molecular weight excluding hydrogens is 480 g/mol. The van der Waals surface area contributed by atoms with E-state index >= 15 is 0 Å². The average Bonchev–Trinajstić information content (AvgIpc) is 3.14. The number of benzene rings is 4. The van der Waals surface area contributed by atoms with Crippen LogP contribution < -0.4 is 10.9 Å². The third kappa shape index (κ3) is 1.97. The highest BCUT2D eigenvalue weighted by Gasteiger charge is 2.17. The monoisotopic (exact) mass is 488 g/mol. The molecule has 0 unspecified atom stereocenters. The van der Waals surface area contributed by atoms with E-state index in [1.165, 1.54) is 0 Å². The maximum absolute atomic E-state index is 12.9. The molecular formula is C24H10Br2O2. The van der Waals surface area contributed by atoms with Gasteiger partial charge in [-0.05, 0) is 57.9 Å². The number of hydrogen-bond acceptors (Lipinski definition) is 2. The molecule has 6 aromatic carbocycles. The molecule has 0 heterocycles. The van der Waals surface area contributed by atoms with E-state index in [1.54, 1.807) is 0 Å². The van der Waals surface area contributed by atoms with E-state index in [-0.39, 0.29) is 10.9 Å². The normalized spacial score (nSPS) is 12.2.